The molecule has 0 fully saturated rings. The first-order valence-corrected chi connectivity index (χ1v) is 10.8. The summed E-state index contributed by atoms with van der Waals surface area (Å²) in [5.74, 6) is 1.10. The van der Waals surface area contributed by atoms with Gasteiger partial charge in [-0.2, -0.15) is 13.2 Å². The standard InChI is InChI=1S/C22H17F4NO3S/c1-3-14-30-21-20(22(24,25)26)19(15-4-10-18(11-5-15)31(2,28)29)12-13-27(21)17-8-6-16(23)7-9-17/h1,4-12H,13-14H2,2H3. The molecule has 0 saturated carbocycles. The molecule has 162 valence electrons. The van der Waals surface area contributed by atoms with Crippen LogP contribution in [0.5, 0.6) is 0 Å². The lowest BCUT2D eigenvalue weighted by Crippen LogP contribution is -2.33. The molecule has 0 aliphatic carbocycles. The van der Waals surface area contributed by atoms with Crippen molar-refractivity contribution in [2.45, 2.75) is 11.1 Å². The van der Waals surface area contributed by atoms with Crippen molar-refractivity contribution in [3.05, 3.63) is 77.4 Å². The molecular formula is C22H17F4NO3S. The summed E-state index contributed by atoms with van der Waals surface area (Å²) in [6.45, 7) is -0.415. The fourth-order valence-corrected chi connectivity index (χ4v) is 3.77. The van der Waals surface area contributed by atoms with Gasteiger partial charge in [0.05, 0.1) is 4.90 Å². The molecule has 0 atom stereocenters. The third kappa shape index (κ3) is 4.91. The molecule has 31 heavy (non-hydrogen) atoms. The number of benzene rings is 2. The minimum absolute atomic E-state index is 0.00568. The third-order valence-corrected chi connectivity index (χ3v) is 5.64. The van der Waals surface area contributed by atoms with Gasteiger partial charge in [0.2, 0.25) is 5.88 Å². The van der Waals surface area contributed by atoms with E-state index in [4.69, 9.17) is 11.2 Å². The topological polar surface area (TPSA) is 46.6 Å². The monoisotopic (exact) mass is 451 g/mol. The molecule has 2 aromatic carbocycles. The quantitative estimate of drug-likeness (QED) is 0.494. The predicted octanol–water partition coefficient (Wildman–Crippen LogP) is 4.56. The van der Waals surface area contributed by atoms with Crippen molar-refractivity contribution in [1.29, 1.82) is 0 Å². The largest absolute Gasteiger partial charge is 0.465 e. The maximum Gasteiger partial charge on any atom is 0.422 e. The van der Waals surface area contributed by atoms with E-state index in [1.807, 2.05) is 0 Å². The number of anilines is 1. The SMILES string of the molecule is C#CCOC1=C(C(F)(F)F)C(c2ccc(S(C)(=O)=O)cc2)=CCN1c1ccc(F)cc1. The van der Waals surface area contributed by atoms with E-state index < -0.39 is 39.9 Å². The molecule has 0 bridgehead atoms. The van der Waals surface area contributed by atoms with Crippen LogP contribution in [0.4, 0.5) is 23.2 Å². The number of nitrogens with zero attached hydrogens (tertiary/aromatic N) is 1. The van der Waals surface area contributed by atoms with Gasteiger partial charge in [0, 0.05) is 18.5 Å². The molecule has 1 aliphatic rings. The van der Waals surface area contributed by atoms with Crippen LogP contribution in [0.3, 0.4) is 0 Å². The van der Waals surface area contributed by atoms with Crippen molar-refractivity contribution in [1.82, 2.24) is 0 Å². The Bertz CT molecular complexity index is 1170. The molecule has 9 heteroatoms. The van der Waals surface area contributed by atoms with Gasteiger partial charge in [-0.1, -0.05) is 24.1 Å². The van der Waals surface area contributed by atoms with Crippen molar-refractivity contribution >= 4 is 21.1 Å². The van der Waals surface area contributed by atoms with Gasteiger partial charge in [-0.05, 0) is 47.5 Å². The van der Waals surface area contributed by atoms with Crippen LogP contribution in [-0.4, -0.2) is 34.0 Å². The Kier molecular flexibility index (Phi) is 6.13. The lowest BCUT2D eigenvalue weighted by atomic mass is 9.94. The molecule has 0 amide bonds. The highest BCUT2D eigenvalue weighted by atomic mass is 32.2. The molecule has 3 rings (SSSR count). The van der Waals surface area contributed by atoms with Crippen molar-refractivity contribution in [2.75, 3.05) is 24.3 Å². The Morgan fingerprint density at radius 3 is 2.23 bits per heavy atom. The zero-order chi connectivity index (χ0) is 22.8. The Morgan fingerprint density at radius 2 is 1.71 bits per heavy atom. The number of sulfone groups is 1. The molecule has 1 heterocycles. The summed E-state index contributed by atoms with van der Waals surface area (Å²) in [5, 5.41) is 0. The number of allylic oxidation sites excluding steroid dienone is 2. The van der Waals surface area contributed by atoms with Crippen LogP contribution in [0.15, 0.2) is 71.0 Å². The molecule has 4 nitrogen and oxygen atoms in total. The van der Waals surface area contributed by atoms with E-state index in [1.165, 1.54) is 47.4 Å². The minimum Gasteiger partial charge on any atom is -0.465 e. The van der Waals surface area contributed by atoms with E-state index in [9.17, 15) is 26.0 Å². The fourth-order valence-electron chi connectivity index (χ4n) is 3.14. The van der Waals surface area contributed by atoms with Gasteiger partial charge in [-0.25, -0.2) is 12.8 Å². The van der Waals surface area contributed by atoms with Crippen LogP contribution in [0.2, 0.25) is 0 Å². The first-order valence-electron chi connectivity index (χ1n) is 8.94. The van der Waals surface area contributed by atoms with E-state index in [0.29, 0.717) is 0 Å². The number of ether oxygens (including phenoxy) is 1. The summed E-state index contributed by atoms with van der Waals surface area (Å²) < 4.78 is 84.4. The van der Waals surface area contributed by atoms with Crippen LogP contribution in [0, 0.1) is 18.2 Å². The highest BCUT2D eigenvalue weighted by Crippen LogP contribution is 2.43. The molecule has 0 radical (unpaired) electrons. The molecule has 0 unspecified atom stereocenters. The Balaban J connectivity index is 2.15. The number of hydrogen-bond acceptors (Lipinski definition) is 4. The maximum absolute atomic E-state index is 14.2. The molecular weight excluding hydrogens is 434 g/mol. The molecule has 0 N–H and O–H groups in total. The van der Waals surface area contributed by atoms with Crippen molar-refractivity contribution in [3.63, 3.8) is 0 Å². The van der Waals surface area contributed by atoms with Crippen LogP contribution in [-0.2, 0) is 14.6 Å². The first-order chi connectivity index (χ1) is 14.5. The maximum atomic E-state index is 14.2. The predicted molar refractivity (Wildman–Crippen MR) is 109 cm³/mol. The van der Waals surface area contributed by atoms with Gasteiger partial charge in [-0.3, -0.25) is 0 Å². The highest BCUT2D eigenvalue weighted by molar-refractivity contribution is 7.90. The van der Waals surface area contributed by atoms with E-state index >= 15 is 0 Å². The second kappa shape index (κ2) is 8.47. The fraction of sp³-hybridized carbons (Fsp3) is 0.182. The summed E-state index contributed by atoms with van der Waals surface area (Å²) in [4.78, 5) is 1.23. The smallest absolute Gasteiger partial charge is 0.422 e. The van der Waals surface area contributed by atoms with Crippen LogP contribution in [0.1, 0.15) is 5.56 Å². The number of halogens is 4. The van der Waals surface area contributed by atoms with E-state index in [-0.39, 0.29) is 28.3 Å². The van der Waals surface area contributed by atoms with Gasteiger partial charge < -0.3 is 9.64 Å². The second-order valence-electron chi connectivity index (χ2n) is 6.67. The summed E-state index contributed by atoms with van der Waals surface area (Å²) >= 11 is 0. The second-order valence-corrected chi connectivity index (χ2v) is 8.69. The Labute approximate surface area is 177 Å². The summed E-state index contributed by atoms with van der Waals surface area (Å²) in [6, 6.07) is 10.0. The average molecular weight is 451 g/mol. The van der Waals surface area contributed by atoms with Gasteiger partial charge >= 0.3 is 6.18 Å². The van der Waals surface area contributed by atoms with Crippen molar-refractivity contribution < 1.29 is 30.7 Å². The van der Waals surface area contributed by atoms with E-state index in [2.05, 4.69) is 5.92 Å². The van der Waals surface area contributed by atoms with E-state index in [1.54, 1.807) is 0 Å². The molecule has 1 aliphatic heterocycles. The number of hydrogen-bond donors (Lipinski definition) is 0. The lowest BCUT2D eigenvalue weighted by molar-refractivity contribution is -0.0907. The van der Waals surface area contributed by atoms with E-state index in [0.717, 1.165) is 18.4 Å². The van der Waals surface area contributed by atoms with Crippen LogP contribution >= 0.6 is 0 Å². The highest BCUT2D eigenvalue weighted by Gasteiger charge is 2.43. The zero-order valence-corrected chi connectivity index (χ0v) is 17.1. The van der Waals surface area contributed by atoms with Crippen molar-refractivity contribution in [3.8, 4) is 12.3 Å². The van der Waals surface area contributed by atoms with Crippen LogP contribution in [0.25, 0.3) is 5.57 Å². The number of rotatable bonds is 5. The van der Waals surface area contributed by atoms with Crippen LogP contribution < -0.4 is 4.90 Å². The molecule has 0 aromatic heterocycles. The number of alkyl halides is 3. The molecule has 0 spiro atoms. The lowest BCUT2D eigenvalue weighted by Gasteiger charge is -2.33. The normalized spacial score (nSPS) is 14.8. The summed E-state index contributed by atoms with van der Waals surface area (Å²) in [7, 11) is -3.50. The number of terminal acetylenes is 1. The van der Waals surface area contributed by atoms with Gasteiger partial charge in [-0.15, -0.1) is 6.42 Å². The Morgan fingerprint density at radius 1 is 1.10 bits per heavy atom. The summed E-state index contributed by atoms with van der Waals surface area (Å²) in [6.07, 6.45) is 2.73. The molecule has 2 aromatic rings. The minimum atomic E-state index is -4.82. The molecule has 0 saturated heterocycles. The average Bonchev–Trinajstić information content (AvgIpc) is 2.71. The van der Waals surface area contributed by atoms with Gasteiger partial charge in [0.15, 0.2) is 16.4 Å². The third-order valence-electron chi connectivity index (χ3n) is 4.51. The van der Waals surface area contributed by atoms with Gasteiger partial charge in [0.25, 0.3) is 0 Å². The zero-order valence-electron chi connectivity index (χ0n) is 16.3. The Hall–Kier alpha value is -3.25. The van der Waals surface area contributed by atoms with Gasteiger partial charge in [0.1, 0.15) is 11.4 Å². The van der Waals surface area contributed by atoms with Crippen molar-refractivity contribution in [2.24, 2.45) is 0 Å². The first kappa shape index (κ1) is 22.4. The summed E-state index contributed by atoms with van der Waals surface area (Å²) in [5.41, 5.74) is -0.776.